The van der Waals surface area contributed by atoms with Gasteiger partial charge in [0, 0.05) is 5.75 Å². The molecule has 0 aliphatic heterocycles. The second-order valence-corrected chi connectivity index (χ2v) is 3.31. The van der Waals surface area contributed by atoms with E-state index >= 15 is 0 Å². The standard InChI is InChI=1S/C9H17S/c1-3-5-6-7-9-10-8-4-2/h3,8H,1,4-7,9H2,2H3. The van der Waals surface area contributed by atoms with Crippen molar-refractivity contribution < 1.29 is 0 Å². The number of thioether (sulfide) groups is 1. The molecule has 0 aliphatic carbocycles. The Morgan fingerprint density at radius 1 is 1.40 bits per heavy atom. The van der Waals surface area contributed by atoms with Crippen molar-refractivity contribution in [1.82, 2.24) is 0 Å². The average molecular weight is 157 g/mol. The summed E-state index contributed by atoms with van der Waals surface area (Å²) < 4.78 is 0. The van der Waals surface area contributed by atoms with Crippen molar-refractivity contribution in [2.24, 2.45) is 0 Å². The zero-order valence-corrected chi connectivity index (χ0v) is 7.62. The Morgan fingerprint density at radius 2 is 2.20 bits per heavy atom. The summed E-state index contributed by atoms with van der Waals surface area (Å²) in [7, 11) is 0. The normalized spacial score (nSPS) is 9.70. The van der Waals surface area contributed by atoms with Gasteiger partial charge in [-0.05, 0) is 31.4 Å². The Labute approximate surface area is 69.1 Å². The quantitative estimate of drug-likeness (QED) is 0.401. The van der Waals surface area contributed by atoms with Gasteiger partial charge >= 0.3 is 0 Å². The number of rotatable bonds is 7. The van der Waals surface area contributed by atoms with Crippen LogP contribution >= 0.6 is 11.8 Å². The maximum absolute atomic E-state index is 3.68. The Hall–Kier alpha value is 0.0900. The van der Waals surface area contributed by atoms with Crippen molar-refractivity contribution in [1.29, 1.82) is 0 Å². The van der Waals surface area contributed by atoms with Crippen LogP contribution in [0.2, 0.25) is 0 Å². The van der Waals surface area contributed by atoms with Crippen molar-refractivity contribution in [3.05, 3.63) is 18.4 Å². The van der Waals surface area contributed by atoms with Crippen LogP contribution in [-0.4, -0.2) is 5.75 Å². The highest BCUT2D eigenvalue weighted by atomic mass is 32.2. The van der Waals surface area contributed by atoms with Gasteiger partial charge in [0.25, 0.3) is 0 Å². The molecular weight excluding hydrogens is 140 g/mol. The van der Waals surface area contributed by atoms with Crippen molar-refractivity contribution in [2.75, 3.05) is 5.75 Å². The van der Waals surface area contributed by atoms with E-state index in [-0.39, 0.29) is 0 Å². The number of hydrogen-bond acceptors (Lipinski definition) is 1. The molecule has 0 nitrogen and oxygen atoms in total. The van der Waals surface area contributed by atoms with E-state index in [1.54, 1.807) is 0 Å². The summed E-state index contributed by atoms with van der Waals surface area (Å²) >= 11 is 1.94. The Balaban J connectivity index is 2.70. The average Bonchev–Trinajstić information content (AvgIpc) is 1.97. The molecule has 0 saturated heterocycles. The lowest BCUT2D eigenvalue weighted by molar-refractivity contribution is 0.824. The summed E-state index contributed by atoms with van der Waals surface area (Å²) in [5, 5.41) is 0. The maximum Gasteiger partial charge on any atom is 0.0163 e. The summed E-state index contributed by atoms with van der Waals surface area (Å²) in [6.07, 6.45) is 6.98. The third-order valence-corrected chi connectivity index (χ3v) is 2.30. The van der Waals surface area contributed by atoms with E-state index in [0.29, 0.717) is 0 Å². The van der Waals surface area contributed by atoms with Gasteiger partial charge in [0.15, 0.2) is 0 Å². The van der Waals surface area contributed by atoms with Crippen LogP contribution in [0.4, 0.5) is 0 Å². The van der Waals surface area contributed by atoms with Crippen LogP contribution in [0.25, 0.3) is 0 Å². The summed E-state index contributed by atoms with van der Waals surface area (Å²) in [6.45, 7) is 5.86. The lowest BCUT2D eigenvalue weighted by Gasteiger charge is -1.96. The molecule has 59 valence electrons. The smallest absolute Gasteiger partial charge is 0.0163 e. The Kier molecular flexibility index (Phi) is 9.17. The van der Waals surface area contributed by atoms with Crippen LogP contribution in [0, 0.1) is 5.75 Å². The molecule has 0 aromatic rings. The fourth-order valence-electron chi connectivity index (χ4n) is 0.675. The van der Waals surface area contributed by atoms with Crippen LogP contribution in [0.15, 0.2) is 12.7 Å². The summed E-state index contributed by atoms with van der Waals surface area (Å²) in [5.41, 5.74) is 0. The lowest BCUT2D eigenvalue weighted by Crippen LogP contribution is -1.78. The van der Waals surface area contributed by atoms with Crippen LogP contribution in [0.3, 0.4) is 0 Å². The zero-order chi connectivity index (χ0) is 7.66. The van der Waals surface area contributed by atoms with Gasteiger partial charge in [0.2, 0.25) is 0 Å². The molecule has 1 radical (unpaired) electrons. The van der Waals surface area contributed by atoms with Gasteiger partial charge in [-0.2, -0.15) is 11.8 Å². The number of hydrogen-bond donors (Lipinski definition) is 0. The van der Waals surface area contributed by atoms with Crippen molar-refractivity contribution >= 4 is 11.8 Å². The molecule has 0 heterocycles. The molecule has 0 spiro atoms. The van der Waals surface area contributed by atoms with Crippen LogP contribution in [-0.2, 0) is 0 Å². The molecule has 0 unspecified atom stereocenters. The van der Waals surface area contributed by atoms with Gasteiger partial charge in [-0.15, -0.1) is 6.58 Å². The predicted octanol–water partition coefficient (Wildman–Crippen LogP) is 3.65. The molecule has 0 aromatic carbocycles. The minimum atomic E-state index is 1.17. The fourth-order valence-corrected chi connectivity index (χ4v) is 1.45. The van der Waals surface area contributed by atoms with Crippen molar-refractivity contribution in [2.45, 2.75) is 32.6 Å². The Morgan fingerprint density at radius 3 is 2.80 bits per heavy atom. The fraction of sp³-hybridized carbons (Fsp3) is 0.667. The Bertz CT molecular complexity index is 69.1. The van der Waals surface area contributed by atoms with Crippen LogP contribution in [0.1, 0.15) is 32.6 Å². The van der Waals surface area contributed by atoms with Crippen LogP contribution < -0.4 is 0 Å². The molecule has 0 bridgehead atoms. The van der Waals surface area contributed by atoms with Gasteiger partial charge < -0.3 is 0 Å². The highest BCUT2D eigenvalue weighted by Crippen LogP contribution is 2.11. The number of unbranched alkanes of at least 4 members (excludes halogenated alkanes) is 2. The highest BCUT2D eigenvalue weighted by molar-refractivity contribution is 8.01. The molecule has 1 heteroatoms. The second kappa shape index (κ2) is 9.09. The van der Waals surface area contributed by atoms with E-state index in [2.05, 4.69) is 19.3 Å². The van der Waals surface area contributed by atoms with E-state index < -0.39 is 0 Å². The third-order valence-electron chi connectivity index (χ3n) is 1.20. The summed E-state index contributed by atoms with van der Waals surface area (Å²) in [4.78, 5) is 0. The molecule has 0 aromatic heterocycles. The first-order valence-corrected chi connectivity index (χ1v) is 5.00. The van der Waals surface area contributed by atoms with E-state index in [0.717, 1.165) is 0 Å². The maximum atomic E-state index is 3.68. The lowest BCUT2D eigenvalue weighted by atomic mass is 10.2. The van der Waals surface area contributed by atoms with Crippen molar-refractivity contribution in [3.63, 3.8) is 0 Å². The second-order valence-electron chi connectivity index (χ2n) is 2.23. The predicted molar refractivity (Wildman–Crippen MR) is 51.1 cm³/mol. The first-order chi connectivity index (χ1) is 4.91. The number of allylic oxidation sites excluding steroid dienone is 1. The summed E-state index contributed by atoms with van der Waals surface area (Å²) in [6, 6.07) is 0. The van der Waals surface area contributed by atoms with Crippen LogP contribution in [0.5, 0.6) is 0 Å². The van der Waals surface area contributed by atoms with Gasteiger partial charge in [0.1, 0.15) is 0 Å². The molecule has 0 aliphatic rings. The van der Waals surface area contributed by atoms with E-state index in [9.17, 15) is 0 Å². The SMILES string of the molecule is C=CCCCCS[CH]CC. The van der Waals surface area contributed by atoms with E-state index in [1.165, 1.54) is 31.4 Å². The molecule has 0 rings (SSSR count). The molecule has 0 amide bonds. The zero-order valence-electron chi connectivity index (χ0n) is 6.81. The summed E-state index contributed by atoms with van der Waals surface area (Å²) in [5.74, 6) is 3.55. The van der Waals surface area contributed by atoms with Gasteiger partial charge in [-0.25, -0.2) is 0 Å². The van der Waals surface area contributed by atoms with Gasteiger partial charge in [-0.1, -0.05) is 13.0 Å². The molecule has 10 heavy (non-hydrogen) atoms. The van der Waals surface area contributed by atoms with Gasteiger partial charge in [0.05, 0.1) is 0 Å². The first kappa shape index (κ1) is 10.1. The highest BCUT2D eigenvalue weighted by Gasteiger charge is 1.86. The van der Waals surface area contributed by atoms with Gasteiger partial charge in [-0.3, -0.25) is 0 Å². The molecule has 0 atom stereocenters. The minimum absolute atomic E-state index is 1.17. The largest absolute Gasteiger partial charge is 0.157 e. The monoisotopic (exact) mass is 157 g/mol. The minimum Gasteiger partial charge on any atom is -0.157 e. The van der Waals surface area contributed by atoms with Crippen molar-refractivity contribution in [3.8, 4) is 0 Å². The third kappa shape index (κ3) is 8.09. The molecular formula is C9H17S. The topological polar surface area (TPSA) is 0 Å². The molecule has 0 N–H and O–H groups in total. The van der Waals surface area contributed by atoms with E-state index in [4.69, 9.17) is 0 Å². The van der Waals surface area contributed by atoms with E-state index in [1.807, 2.05) is 17.8 Å². The molecule has 0 saturated carbocycles. The first-order valence-electron chi connectivity index (χ1n) is 3.96. The molecule has 0 fully saturated rings.